The van der Waals surface area contributed by atoms with Gasteiger partial charge in [0.15, 0.2) is 11.6 Å². The molecule has 2 fully saturated rings. The lowest BCUT2D eigenvalue weighted by atomic mass is 10.2. The maximum Gasteiger partial charge on any atom is 0.338 e. The first kappa shape index (κ1) is 41.1. The number of halogens is 2. The molecule has 4 N–H and O–H groups in total. The average molecular weight is 863 g/mol. The summed E-state index contributed by atoms with van der Waals surface area (Å²) in [6.07, 6.45) is 7.86. The number of nitrogens with one attached hydrogen (secondary N) is 1. The fourth-order valence-electron chi connectivity index (χ4n) is 6.28. The molecule has 61 heavy (non-hydrogen) atoms. The van der Waals surface area contributed by atoms with Gasteiger partial charge in [-0.2, -0.15) is 0 Å². The van der Waals surface area contributed by atoms with Gasteiger partial charge in [-0.3, -0.25) is 4.79 Å². The van der Waals surface area contributed by atoms with Gasteiger partial charge in [-0.05, 0) is 89.8 Å². The number of nitrogens with zero attached hydrogens (tertiary/aromatic N) is 10. The summed E-state index contributed by atoms with van der Waals surface area (Å²) >= 11 is 3.00. The quantitative estimate of drug-likeness (QED) is 0.124. The summed E-state index contributed by atoms with van der Waals surface area (Å²) < 4.78 is 33.4. The SMILES string of the molecule is CC(C)n1cnnc1-c1cccc(N)n1.CC(C)n1cnnc1-c1cccc(NC(=O)c2cc3sc(C4CC4)nc3cc2F)n1.O=C(O)c1cc2sc(C3CC3)nc2cc1F. The summed E-state index contributed by atoms with van der Waals surface area (Å²) in [6, 6.07) is 16.7. The second-order valence-corrected chi connectivity index (χ2v) is 17.3. The number of rotatable bonds is 9. The van der Waals surface area contributed by atoms with Crippen LogP contribution in [0.15, 0.2) is 73.3 Å². The molecule has 2 aliphatic rings. The maximum atomic E-state index is 14.6. The number of hydrogen-bond donors (Lipinski definition) is 3. The lowest BCUT2D eigenvalue weighted by Gasteiger charge is -2.11. The van der Waals surface area contributed by atoms with Crippen molar-refractivity contribution in [2.24, 2.45) is 0 Å². The average Bonchev–Trinajstić information content (AvgIpc) is 4.02. The number of amides is 1. The number of aromatic nitrogens is 10. The number of anilines is 2. The number of hydrogen-bond acceptors (Lipinski definition) is 13. The number of aromatic carboxylic acids is 1. The largest absolute Gasteiger partial charge is 0.478 e. The fourth-order valence-corrected chi connectivity index (χ4v) is 8.59. The van der Waals surface area contributed by atoms with Crippen LogP contribution in [-0.4, -0.2) is 66.4 Å². The molecule has 2 aromatic carbocycles. The van der Waals surface area contributed by atoms with Crippen LogP contribution in [0.3, 0.4) is 0 Å². The van der Waals surface area contributed by atoms with Crippen LogP contribution < -0.4 is 11.1 Å². The monoisotopic (exact) mass is 862 g/mol. The van der Waals surface area contributed by atoms with E-state index in [4.69, 9.17) is 10.8 Å². The van der Waals surface area contributed by atoms with Crippen LogP contribution in [0.1, 0.15) is 108 Å². The van der Waals surface area contributed by atoms with Crippen LogP contribution in [0.25, 0.3) is 43.5 Å². The second-order valence-electron chi connectivity index (χ2n) is 15.2. The minimum atomic E-state index is -1.24. The van der Waals surface area contributed by atoms with E-state index in [1.54, 1.807) is 43.0 Å². The molecule has 0 atom stereocenters. The molecule has 2 aliphatic carbocycles. The Morgan fingerprint density at radius 3 is 1.70 bits per heavy atom. The smallest absolute Gasteiger partial charge is 0.338 e. The zero-order valence-corrected chi connectivity index (χ0v) is 35.1. The molecule has 2 saturated carbocycles. The number of pyridine rings is 2. The number of carbonyl (C=O) groups excluding carboxylic acids is 1. The van der Waals surface area contributed by atoms with E-state index in [0.29, 0.717) is 52.1 Å². The van der Waals surface area contributed by atoms with Crippen molar-refractivity contribution in [1.29, 1.82) is 0 Å². The molecule has 15 nitrogen and oxygen atoms in total. The molecule has 8 aromatic rings. The lowest BCUT2D eigenvalue weighted by molar-refractivity contribution is 0.0692. The van der Waals surface area contributed by atoms with E-state index in [1.165, 1.54) is 40.9 Å². The van der Waals surface area contributed by atoms with E-state index < -0.39 is 23.5 Å². The number of nitrogens with two attached hydrogens (primary N) is 1. The van der Waals surface area contributed by atoms with Crippen molar-refractivity contribution in [3.63, 3.8) is 0 Å². The number of fused-ring (bicyclic) bond motifs is 2. The molecule has 1 amide bonds. The lowest BCUT2D eigenvalue weighted by Crippen LogP contribution is -2.15. The summed E-state index contributed by atoms with van der Waals surface area (Å²) in [7, 11) is 0. The normalized spacial score (nSPS) is 13.6. The summed E-state index contributed by atoms with van der Waals surface area (Å²) in [5.74, 6) is 0.0613. The van der Waals surface area contributed by atoms with Gasteiger partial charge in [0.2, 0.25) is 0 Å². The maximum absolute atomic E-state index is 14.6. The number of benzene rings is 2. The van der Waals surface area contributed by atoms with E-state index in [0.717, 1.165) is 56.6 Å². The minimum absolute atomic E-state index is 0.0222. The molecule has 0 radical (unpaired) electrons. The predicted octanol–water partition coefficient (Wildman–Crippen LogP) is 9.31. The molecule has 0 bridgehead atoms. The Labute approximate surface area is 355 Å². The zero-order valence-electron chi connectivity index (χ0n) is 33.5. The van der Waals surface area contributed by atoms with Gasteiger partial charge in [0.05, 0.1) is 41.6 Å². The topological polar surface area (TPSA) is 205 Å². The molecule has 0 unspecified atom stereocenters. The summed E-state index contributed by atoms with van der Waals surface area (Å²) in [4.78, 5) is 41.0. The molecular weight excluding hydrogens is 823 g/mol. The summed E-state index contributed by atoms with van der Waals surface area (Å²) in [5.41, 5.74) is 7.81. The highest BCUT2D eigenvalue weighted by Crippen LogP contribution is 2.44. The van der Waals surface area contributed by atoms with Gasteiger partial charge >= 0.3 is 5.97 Å². The van der Waals surface area contributed by atoms with Crippen LogP contribution >= 0.6 is 22.7 Å². The van der Waals surface area contributed by atoms with Crippen LogP contribution in [0.4, 0.5) is 20.4 Å². The number of carboxylic acids is 1. The first-order valence-corrected chi connectivity index (χ1v) is 21.2. The number of thiazole rings is 2. The Hall–Kier alpha value is -6.60. The molecule has 0 spiro atoms. The summed E-state index contributed by atoms with van der Waals surface area (Å²) in [5, 5.41) is 29.5. The molecule has 10 rings (SSSR count). The molecule has 0 aliphatic heterocycles. The van der Waals surface area contributed by atoms with Crippen molar-refractivity contribution < 1.29 is 23.5 Å². The van der Waals surface area contributed by atoms with Gasteiger partial charge in [-0.1, -0.05) is 12.1 Å². The van der Waals surface area contributed by atoms with Crippen LogP contribution in [0.5, 0.6) is 0 Å². The van der Waals surface area contributed by atoms with Crippen molar-refractivity contribution in [1.82, 2.24) is 49.5 Å². The Kier molecular flexibility index (Phi) is 11.6. The number of carbonyl (C=O) groups is 2. The van der Waals surface area contributed by atoms with E-state index >= 15 is 0 Å². The molecule has 312 valence electrons. The second kappa shape index (κ2) is 17.2. The third kappa shape index (κ3) is 9.26. The highest BCUT2D eigenvalue weighted by Gasteiger charge is 2.29. The first-order chi connectivity index (χ1) is 29.3. The zero-order chi connectivity index (χ0) is 42.9. The van der Waals surface area contributed by atoms with Gasteiger partial charge in [0.1, 0.15) is 47.3 Å². The van der Waals surface area contributed by atoms with Gasteiger partial charge in [0, 0.05) is 36.1 Å². The van der Waals surface area contributed by atoms with Gasteiger partial charge in [0.25, 0.3) is 5.91 Å². The van der Waals surface area contributed by atoms with Crippen molar-refractivity contribution in [3.05, 3.63) is 106 Å². The van der Waals surface area contributed by atoms with Gasteiger partial charge in [-0.15, -0.1) is 43.1 Å². The minimum Gasteiger partial charge on any atom is -0.478 e. The Morgan fingerprint density at radius 1 is 0.721 bits per heavy atom. The van der Waals surface area contributed by atoms with Crippen LogP contribution in [-0.2, 0) is 0 Å². The predicted molar refractivity (Wildman–Crippen MR) is 230 cm³/mol. The van der Waals surface area contributed by atoms with Gasteiger partial charge < -0.3 is 25.3 Å². The van der Waals surface area contributed by atoms with E-state index in [1.807, 2.05) is 35.1 Å². The third-order valence-electron chi connectivity index (χ3n) is 9.79. The Bertz CT molecular complexity index is 2900. The standard InChI is InChI=1S/C21H19FN6OS.C11H8FNO2S.C10H13N5/c1-11(2)28-10-23-27-19(28)15-4-3-5-18(24-15)26-20(29)13-8-17-16(9-14(13)22)25-21(30-17)12-6-7-12;12-7-4-8-9(3-6(7)11(14)15)16-10(13-8)5-1-2-5;1-7(2)15-6-12-14-10(15)8-4-3-5-9(11)13-8/h3-5,8-12H,6-7H2,1-2H3,(H,24,26,29);3-5H,1-2H2,(H,14,15);3-7H,1-2H3,(H2,11,13). The molecule has 6 heterocycles. The highest BCUT2D eigenvalue weighted by molar-refractivity contribution is 7.19. The van der Waals surface area contributed by atoms with Crippen LogP contribution in [0.2, 0.25) is 0 Å². The van der Waals surface area contributed by atoms with Gasteiger partial charge in [-0.25, -0.2) is 33.5 Å². The van der Waals surface area contributed by atoms with Crippen LogP contribution in [0, 0.1) is 11.6 Å². The third-order valence-corrected chi connectivity index (χ3v) is 12.2. The molecule has 0 saturated heterocycles. The Balaban J connectivity index is 0.000000139. The molecule has 19 heteroatoms. The number of carboxylic acid groups (broad SMARTS) is 1. The van der Waals surface area contributed by atoms with E-state index in [2.05, 4.69) is 59.5 Å². The van der Waals surface area contributed by atoms with Crippen molar-refractivity contribution in [3.8, 4) is 23.0 Å². The Morgan fingerprint density at radius 2 is 1.21 bits per heavy atom. The summed E-state index contributed by atoms with van der Waals surface area (Å²) in [6.45, 7) is 8.18. The highest BCUT2D eigenvalue weighted by atomic mass is 32.1. The number of nitrogen functional groups attached to an aromatic ring is 1. The van der Waals surface area contributed by atoms with Crippen molar-refractivity contribution >= 4 is 66.6 Å². The molecular formula is C42H40F2N12O3S2. The first-order valence-electron chi connectivity index (χ1n) is 19.6. The van der Waals surface area contributed by atoms with Crippen molar-refractivity contribution in [2.45, 2.75) is 77.3 Å². The van der Waals surface area contributed by atoms with E-state index in [-0.39, 0.29) is 17.2 Å². The molecule has 6 aromatic heterocycles. The van der Waals surface area contributed by atoms with Crippen molar-refractivity contribution in [2.75, 3.05) is 11.1 Å². The fraction of sp³-hybridized carbons (Fsp3) is 0.286. The van der Waals surface area contributed by atoms with E-state index in [9.17, 15) is 18.4 Å².